The molecule has 25 heavy (non-hydrogen) atoms. The van der Waals surface area contributed by atoms with Gasteiger partial charge in [0, 0.05) is 13.1 Å². The van der Waals surface area contributed by atoms with Gasteiger partial charge in [0.25, 0.3) is 11.8 Å². The first-order valence-electron chi connectivity index (χ1n) is 7.20. The minimum absolute atomic E-state index is 0.0524. The molecule has 1 aromatic carbocycles. The summed E-state index contributed by atoms with van der Waals surface area (Å²) in [6, 6.07) is 2.42. The van der Waals surface area contributed by atoms with Crippen molar-refractivity contribution in [2.24, 2.45) is 0 Å². The van der Waals surface area contributed by atoms with Crippen molar-refractivity contribution in [1.29, 1.82) is 0 Å². The molecule has 0 aromatic heterocycles. The number of hydrogen-bond acceptors (Lipinski definition) is 4. The van der Waals surface area contributed by atoms with Crippen LogP contribution in [0.2, 0.25) is 5.02 Å². The quantitative estimate of drug-likeness (QED) is 0.723. The van der Waals surface area contributed by atoms with Crippen LogP contribution in [0.4, 0.5) is 18.9 Å². The number of morpholine rings is 1. The summed E-state index contributed by atoms with van der Waals surface area (Å²) >= 11 is 11.9. The fraction of sp³-hybridized carbons (Fsp3) is 0.333. The first kappa shape index (κ1) is 18.0. The van der Waals surface area contributed by atoms with Gasteiger partial charge in [0.05, 0.1) is 29.5 Å². The molecule has 134 valence electrons. The Hall–Kier alpha value is -1.77. The molecule has 1 aromatic rings. The van der Waals surface area contributed by atoms with Crippen molar-refractivity contribution in [3.63, 3.8) is 0 Å². The second-order valence-electron chi connectivity index (χ2n) is 5.37. The molecule has 0 spiro atoms. The first-order valence-corrected chi connectivity index (χ1v) is 7.95. The third kappa shape index (κ3) is 3.21. The minimum atomic E-state index is -4.64. The lowest BCUT2D eigenvalue weighted by atomic mass is 10.2. The van der Waals surface area contributed by atoms with Gasteiger partial charge in [-0.25, -0.2) is 4.90 Å². The number of benzene rings is 1. The van der Waals surface area contributed by atoms with Crippen molar-refractivity contribution in [3.05, 3.63) is 39.5 Å². The lowest BCUT2D eigenvalue weighted by molar-refractivity contribution is -0.137. The van der Waals surface area contributed by atoms with Crippen LogP contribution in [0, 0.1) is 0 Å². The molecule has 2 heterocycles. The Kier molecular flexibility index (Phi) is 4.70. The Labute approximate surface area is 150 Å². The van der Waals surface area contributed by atoms with Crippen molar-refractivity contribution < 1.29 is 27.5 Å². The topological polar surface area (TPSA) is 49.9 Å². The third-order valence-corrected chi connectivity index (χ3v) is 4.51. The number of carbonyl (C=O) groups is 2. The fourth-order valence-electron chi connectivity index (χ4n) is 2.63. The zero-order valence-electron chi connectivity index (χ0n) is 12.6. The Morgan fingerprint density at radius 3 is 2.28 bits per heavy atom. The smallest absolute Gasteiger partial charge is 0.378 e. The van der Waals surface area contributed by atoms with Crippen LogP contribution < -0.4 is 4.90 Å². The van der Waals surface area contributed by atoms with E-state index in [-0.39, 0.29) is 21.4 Å². The van der Waals surface area contributed by atoms with E-state index in [0.29, 0.717) is 37.3 Å². The number of amides is 2. The molecule has 2 aliphatic heterocycles. The fourth-order valence-corrected chi connectivity index (χ4v) is 3.12. The Morgan fingerprint density at radius 2 is 1.68 bits per heavy atom. The maximum Gasteiger partial charge on any atom is 0.416 e. The van der Waals surface area contributed by atoms with Crippen molar-refractivity contribution in [2.75, 3.05) is 31.2 Å². The van der Waals surface area contributed by atoms with E-state index >= 15 is 0 Å². The van der Waals surface area contributed by atoms with Crippen molar-refractivity contribution in [3.8, 4) is 0 Å². The van der Waals surface area contributed by atoms with Gasteiger partial charge in [-0.15, -0.1) is 0 Å². The highest BCUT2D eigenvalue weighted by atomic mass is 35.5. The van der Waals surface area contributed by atoms with Gasteiger partial charge in [0.1, 0.15) is 10.7 Å². The SMILES string of the molecule is O=C1C(Cl)=C(N2CCOCC2)C(=O)N1c1cc(C(F)(F)F)ccc1Cl. The van der Waals surface area contributed by atoms with Crippen LogP contribution in [-0.4, -0.2) is 43.0 Å². The minimum Gasteiger partial charge on any atom is -0.378 e. The second kappa shape index (κ2) is 6.51. The van der Waals surface area contributed by atoms with E-state index in [0.717, 1.165) is 12.1 Å². The number of halogens is 5. The number of hydrogen-bond donors (Lipinski definition) is 0. The Balaban J connectivity index is 2.00. The van der Waals surface area contributed by atoms with Crippen molar-refractivity contribution in [1.82, 2.24) is 4.90 Å². The van der Waals surface area contributed by atoms with Gasteiger partial charge in [-0.2, -0.15) is 13.2 Å². The maximum atomic E-state index is 12.9. The van der Waals surface area contributed by atoms with E-state index in [1.54, 1.807) is 4.90 Å². The van der Waals surface area contributed by atoms with Crippen molar-refractivity contribution >= 4 is 40.7 Å². The predicted molar refractivity (Wildman–Crippen MR) is 84.2 cm³/mol. The number of ether oxygens (including phenoxy) is 1. The molecule has 2 amide bonds. The van der Waals surface area contributed by atoms with Gasteiger partial charge in [-0.05, 0) is 18.2 Å². The molecule has 0 unspecified atom stereocenters. The number of alkyl halides is 3. The number of anilines is 1. The second-order valence-corrected chi connectivity index (χ2v) is 6.16. The van der Waals surface area contributed by atoms with E-state index in [9.17, 15) is 22.8 Å². The molecule has 5 nitrogen and oxygen atoms in total. The zero-order valence-corrected chi connectivity index (χ0v) is 14.1. The average molecular weight is 395 g/mol. The molecule has 0 radical (unpaired) electrons. The molecule has 0 atom stereocenters. The van der Waals surface area contributed by atoms with Gasteiger partial charge >= 0.3 is 6.18 Å². The molecule has 10 heteroatoms. The highest BCUT2D eigenvalue weighted by Crippen LogP contribution is 2.39. The van der Waals surface area contributed by atoms with E-state index in [1.165, 1.54) is 0 Å². The summed E-state index contributed by atoms with van der Waals surface area (Å²) < 4.78 is 44.0. The average Bonchev–Trinajstić information content (AvgIpc) is 2.78. The summed E-state index contributed by atoms with van der Waals surface area (Å²) in [5.74, 6) is -1.72. The molecule has 0 aliphatic carbocycles. The summed E-state index contributed by atoms with van der Waals surface area (Å²) in [7, 11) is 0. The molecule has 1 fully saturated rings. The van der Waals surface area contributed by atoms with Crippen LogP contribution in [0.5, 0.6) is 0 Å². The van der Waals surface area contributed by atoms with E-state index in [4.69, 9.17) is 27.9 Å². The number of carbonyl (C=O) groups excluding carboxylic acids is 2. The third-order valence-electron chi connectivity index (χ3n) is 3.85. The van der Waals surface area contributed by atoms with Gasteiger partial charge in [-0.1, -0.05) is 23.2 Å². The van der Waals surface area contributed by atoms with Gasteiger partial charge < -0.3 is 9.64 Å². The van der Waals surface area contributed by atoms with E-state index < -0.39 is 23.6 Å². The monoisotopic (exact) mass is 394 g/mol. The molecule has 1 saturated heterocycles. The van der Waals surface area contributed by atoms with Crippen LogP contribution in [-0.2, 0) is 20.5 Å². The Bertz CT molecular complexity index is 774. The molecular formula is C15H11Cl2F3N2O3. The Morgan fingerprint density at radius 1 is 1.04 bits per heavy atom. The highest BCUT2D eigenvalue weighted by molar-refractivity contribution is 6.53. The summed E-state index contributed by atoms with van der Waals surface area (Å²) in [6.45, 7) is 1.38. The van der Waals surface area contributed by atoms with Crippen LogP contribution in [0.15, 0.2) is 28.9 Å². The molecule has 0 bridgehead atoms. The predicted octanol–water partition coefficient (Wildman–Crippen LogP) is 3.01. The van der Waals surface area contributed by atoms with Crippen LogP contribution >= 0.6 is 23.2 Å². The standard InChI is InChI=1S/C15H11Cl2F3N2O3/c16-9-2-1-8(15(18,19)20)7-10(9)22-13(23)11(17)12(14(22)24)21-3-5-25-6-4-21/h1-2,7H,3-6H2. The largest absolute Gasteiger partial charge is 0.416 e. The van der Waals surface area contributed by atoms with Gasteiger partial charge in [-0.3, -0.25) is 9.59 Å². The highest BCUT2D eigenvalue weighted by Gasteiger charge is 2.43. The van der Waals surface area contributed by atoms with E-state index in [2.05, 4.69) is 0 Å². The number of nitrogens with zero attached hydrogens (tertiary/aromatic N) is 2. The zero-order chi connectivity index (χ0) is 18.4. The molecule has 0 saturated carbocycles. The molecule has 2 aliphatic rings. The summed E-state index contributed by atoms with van der Waals surface area (Å²) in [5, 5.41) is -0.511. The van der Waals surface area contributed by atoms with E-state index in [1.807, 2.05) is 0 Å². The molecule has 0 N–H and O–H groups in total. The van der Waals surface area contributed by atoms with Crippen molar-refractivity contribution in [2.45, 2.75) is 6.18 Å². The normalized spacial score (nSPS) is 19.2. The van der Waals surface area contributed by atoms with Crippen LogP contribution in [0.1, 0.15) is 5.56 Å². The van der Waals surface area contributed by atoms with Gasteiger partial charge in [0.15, 0.2) is 0 Å². The summed E-state index contributed by atoms with van der Waals surface area (Å²) in [6.07, 6.45) is -4.64. The lowest BCUT2D eigenvalue weighted by Gasteiger charge is -2.29. The summed E-state index contributed by atoms with van der Waals surface area (Å²) in [4.78, 5) is 27.2. The number of imide groups is 1. The molecule has 3 rings (SSSR count). The van der Waals surface area contributed by atoms with Crippen LogP contribution in [0.3, 0.4) is 0 Å². The van der Waals surface area contributed by atoms with Gasteiger partial charge in [0.2, 0.25) is 0 Å². The molecular weight excluding hydrogens is 384 g/mol. The first-order chi connectivity index (χ1) is 11.7. The summed E-state index contributed by atoms with van der Waals surface area (Å²) in [5.41, 5.74) is -1.43. The van der Waals surface area contributed by atoms with Crippen LogP contribution in [0.25, 0.3) is 0 Å². The number of rotatable bonds is 2. The maximum absolute atomic E-state index is 12.9. The lowest BCUT2D eigenvalue weighted by Crippen LogP contribution is -2.40.